The summed E-state index contributed by atoms with van der Waals surface area (Å²) in [6, 6.07) is 0.176. The van der Waals surface area contributed by atoms with Gasteiger partial charge in [0.2, 0.25) is 0 Å². The lowest BCUT2D eigenvalue weighted by Gasteiger charge is -2.30. The number of ketones is 1. The van der Waals surface area contributed by atoms with Gasteiger partial charge in [0.15, 0.2) is 0 Å². The van der Waals surface area contributed by atoms with Gasteiger partial charge in [0, 0.05) is 19.6 Å². The van der Waals surface area contributed by atoms with E-state index in [1.807, 2.05) is 0 Å². The zero-order chi connectivity index (χ0) is 10.7. The maximum absolute atomic E-state index is 11.6. The molecule has 2 fully saturated rings. The van der Waals surface area contributed by atoms with Crippen molar-refractivity contribution in [1.82, 2.24) is 4.90 Å². The van der Waals surface area contributed by atoms with Gasteiger partial charge in [0.05, 0.1) is 12.1 Å². The van der Waals surface area contributed by atoms with E-state index in [1.54, 1.807) is 0 Å². The van der Waals surface area contributed by atoms with E-state index in [4.69, 9.17) is 4.74 Å². The van der Waals surface area contributed by atoms with Crippen molar-refractivity contribution in [2.75, 3.05) is 20.2 Å². The number of Topliss-reactive ketones (excluding diaryl/α,β-unsaturated/α-hetero) is 1. The highest BCUT2D eigenvalue weighted by atomic mass is 16.5. The van der Waals surface area contributed by atoms with Gasteiger partial charge in [-0.05, 0) is 39.2 Å². The molecule has 2 atom stereocenters. The van der Waals surface area contributed by atoms with Crippen LogP contribution >= 0.6 is 0 Å². The Balaban J connectivity index is 1.80. The Morgan fingerprint density at radius 3 is 2.80 bits per heavy atom. The van der Waals surface area contributed by atoms with Crippen LogP contribution in [0.2, 0.25) is 0 Å². The summed E-state index contributed by atoms with van der Waals surface area (Å²) in [6.45, 7) is 1.83. The number of likely N-dealkylation sites (N-methyl/N-ethyl adjacent to an activating group) is 1. The van der Waals surface area contributed by atoms with Crippen molar-refractivity contribution in [2.45, 2.75) is 50.7 Å². The number of carbonyl (C=O) groups excluding carboxylic acids is 1. The Labute approximate surface area is 91.8 Å². The quantitative estimate of drug-likeness (QED) is 0.710. The second-order valence-electron chi connectivity index (χ2n) is 4.80. The lowest BCUT2D eigenvalue weighted by Crippen LogP contribution is -2.41. The third-order valence-electron chi connectivity index (χ3n) is 3.57. The van der Waals surface area contributed by atoms with Gasteiger partial charge in [0.25, 0.3) is 0 Å². The first-order valence-electron chi connectivity index (χ1n) is 6.12. The molecule has 2 aliphatic rings. The lowest BCUT2D eigenvalue weighted by atomic mass is 10.1. The van der Waals surface area contributed by atoms with E-state index in [0.717, 1.165) is 38.8 Å². The van der Waals surface area contributed by atoms with Crippen molar-refractivity contribution < 1.29 is 9.53 Å². The molecule has 2 unspecified atom stereocenters. The fourth-order valence-electron chi connectivity index (χ4n) is 2.66. The predicted molar refractivity (Wildman–Crippen MR) is 58.9 cm³/mol. The highest BCUT2D eigenvalue weighted by Gasteiger charge is 2.29. The minimum absolute atomic E-state index is 0.176. The van der Waals surface area contributed by atoms with E-state index < -0.39 is 0 Å². The van der Waals surface area contributed by atoms with E-state index in [0.29, 0.717) is 11.9 Å². The monoisotopic (exact) mass is 211 g/mol. The van der Waals surface area contributed by atoms with Crippen molar-refractivity contribution in [3.8, 4) is 0 Å². The minimum atomic E-state index is 0.176. The summed E-state index contributed by atoms with van der Waals surface area (Å²) in [4.78, 5) is 13.8. The molecule has 0 aromatic rings. The Hall–Kier alpha value is -0.410. The van der Waals surface area contributed by atoms with Crippen LogP contribution in [-0.2, 0) is 9.53 Å². The van der Waals surface area contributed by atoms with Crippen LogP contribution in [0.25, 0.3) is 0 Å². The van der Waals surface area contributed by atoms with Crippen LogP contribution < -0.4 is 0 Å². The van der Waals surface area contributed by atoms with Gasteiger partial charge in [-0.3, -0.25) is 9.69 Å². The van der Waals surface area contributed by atoms with Crippen LogP contribution in [0.3, 0.4) is 0 Å². The van der Waals surface area contributed by atoms with Crippen LogP contribution in [0, 0.1) is 0 Å². The van der Waals surface area contributed by atoms with Crippen LogP contribution in [0.15, 0.2) is 0 Å². The summed E-state index contributed by atoms with van der Waals surface area (Å²) in [5.41, 5.74) is 0. The summed E-state index contributed by atoms with van der Waals surface area (Å²) >= 11 is 0. The molecule has 15 heavy (non-hydrogen) atoms. The second kappa shape index (κ2) is 5.08. The molecule has 86 valence electrons. The molecule has 1 saturated carbocycles. The summed E-state index contributed by atoms with van der Waals surface area (Å²) in [5.74, 6) is 0.424. The second-order valence-corrected chi connectivity index (χ2v) is 4.80. The normalized spacial score (nSPS) is 32.5. The molecule has 1 saturated heterocycles. The first-order valence-corrected chi connectivity index (χ1v) is 6.12. The summed E-state index contributed by atoms with van der Waals surface area (Å²) in [5, 5.41) is 0. The van der Waals surface area contributed by atoms with Gasteiger partial charge in [-0.1, -0.05) is 0 Å². The molecule has 0 aromatic heterocycles. The van der Waals surface area contributed by atoms with E-state index in [9.17, 15) is 4.79 Å². The molecule has 0 spiro atoms. The standard InChI is InChI=1S/C12H21NO2/c1-13(11-6-4-7-12(11)14)9-10-5-2-3-8-15-10/h10-11H,2-9H2,1H3. The fraction of sp³-hybridized carbons (Fsp3) is 0.917. The molecule has 0 aromatic carbocycles. The van der Waals surface area contributed by atoms with E-state index >= 15 is 0 Å². The molecule has 0 bridgehead atoms. The number of nitrogens with zero attached hydrogens (tertiary/aromatic N) is 1. The molecule has 3 nitrogen and oxygen atoms in total. The van der Waals surface area contributed by atoms with Gasteiger partial charge in [-0.25, -0.2) is 0 Å². The van der Waals surface area contributed by atoms with E-state index in [1.165, 1.54) is 12.8 Å². The van der Waals surface area contributed by atoms with Crippen molar-refractivity contribution in [1.29, 1.82) is 0 Å². The van der Waals surface area contributed by atoms with Crippen LogP contribution in [-0.4, -0.2) is 43.0 Å². The van der Waals surface area contributed by atoms with E-state index in [-0.39, 0.29) is 6.04 Å². The smallest absolute Gasteiger partial charge is 0.149 e. The molecule has 0 radical (unpaired) electrons. The topological polar surface area (TPSA) is 29.5 Å². The first-order chi connectivity index (χ1) is 7.27. The Morgan fingerprint density at radius 1 is 1.33 bits per heavy atom. The fourth-order valence-corrected chi connectivity index (χ4v) is 2.66. The first kappa shape index (κ1) is 11.1. The largest absolute Gasteiger partial charge is 0.377 e. The van der Waals surface area contributed by atoms with Crippen molar-refractivity contribution in [2.24, 2.45) is 0 Å². The highest BCUT2D eigenvalue weighted by molar-refractivity contribution is 5.85. The van der Waals surface area contributed by atoms with Crippen molar-refractivity contribution in [3.05, 3.63) is 0 Å². The summed E-state index contributed by atoms with van der Waals surface area (Å²) < 4.78 is 5.69. The number of hydrogen-bond donors (Lipinski definition) is 0. The molecular formula is C12H21NO2. The third kappa shape index (κ3) is 2.79. The zero-order valence-electron chi connectivity index (χ0n) is 9.58. The van der Waals surface area contributed by atoms with Gasteiger partial charge < -0.3 is 4.74 Å². The molecule has 0 N–H and O–H groups in total. The Kier molecular flexibility index (Phi) is 3.76. The number of hydrogen-bond acceptors (Lipinski definition) is 3. The lowest BCUT2D eigenvalue weighted by molar-refractivity contribution is -0.122. The van der Waals surface area contributed by atoms with E-state index in [2.05, 4.69) is 11.9 Å². The molecule has 1 heterocycles. The maximum Gasteiger partial charge on any atom is 0.149 e. The summed E-state index contributed by atoms with van der Waals surface area (Å²) in [6.07, 6.45) is 6.88. The molecule has 0 amide bonds. The Bertz CT molecular complexity index is 224. The third-order valence-corrected chi connectivity index (χ3v) is 3.57. The van der Waals surface area contributed by atoms with Gasteiger partial charge >= 0.3 is 0 Å². The maximum atomic E-state index is 11.6. The predicted octanol–water partition coefficient (Wildman–Crippen LogP) is 1.61. The van der Waals surface area contributed by atoms with Gasteiger partial charge in [0.1, 0.15) is 5.78 Å². The Morgan fingerprint density at radius 2 is 2.20 bits per heavy atom. The molecule has 1 aliphatic heterocycles. The van der Waals surface area contributed by atoms with Crippen LogP contribution in [0.5, 0.6) is 0 Å². The number of rotatable bonds is 3. The SMILES string of the molecule is CN(CC1CCCCO1)C1CCCC1=O. The number of carbonyl (C=O) groups is 1. The zero-order valence-corrected chi connectivity index (χ0v) is 9.58. The molecular weight excluding hydrogens is 190 g/mol. The van der Waals surface area contributed by atoms with Crippen molar-refractivity contribution in [3.63, 3.8) is 0 Å². The molecule has 3 heteroatoms. The van der Waals surface area contributed by atoms with Gasteiger partial charge in [-0.15, -0.1) is 0 Å². The molecule has 1 aliphatic carbocycles. The average molecular weight is 211 g/mol. The minimum Gasteiger partial charge on any atom is -0.377 e. The molecule has 2 rings (SSSR count). The van der Waals surface area contributed by atoms with Crippen LogP contribution in [0.1, 0.15) is 38.5 Å². The number of ether oxygens (including phenoxy) is 1. The summed E-state index contributed by atoms with van der Waals surface area (Å²) in [7, 11) is 2.06. The highest BCUT2D eigenvalue weighted by Crippen LogP contribution is 2.21. The van der Waals surface area contributed by atoms with Crippen LogP contribution in [0.4, 0.5) is 0 Å². The van der Waals surface area contributed by atoms with Gasteiger partial charge in [-0.2, -0.15) is 0 Å². The average Bonchev–Trinajstić information content (AvgIpc) is 2.66. The van der Waals surface area contributed by atoms with Crippen molar-refractivity contribution >= 4 is 5.78 Å².